The molecular weight excluding hydrogens is 539 g/mol. The molecule has 40 heavy (non-hydrogen) atoms. The number of imidazole rings is 1. The van der Waals surface area contributed by atoms with Crippen molar-refractivity contribution in [3.8, 4) is 0 Å². The normalized spacial score (nSPS) is 16.3. The van der Waals surface area contributed by atoms with Gasteiger partial charge in [-0.05, 0) is 18.1 Å². The number of fused-ring (bicyclic) bond motifs is 1. The summed E-state index contributed by atoms with van der Waals surface area (Å²) in [5, 5.41) is 16.0. The lowest BCUT2D eigenvalue weighted by molar-refractivity contribution is -0.192. The first-order chi connectivity index (χ1) is 18.8. The maximum Gasteiger partial charge on any atom is 0.490 e. The predicted molar refractivity (Wildman–Crippen MR) is 132 cm³/mol. The first-order valence-corrected chi connectivity index (χ1v) is 11.9. The van der Waals surface area contributed by atoms with Crippen LogP contribution >= 0.6 is 0 Å². The fourth-order valence-corrected chi connectivity index (χ4v) is 3.92. The Morgan fingerprint density at radius 1 is 1.10 bits per heavy atom. The summed E-state index contributed by atoms with van der Waals surface area (Å²) in [6, 6.07) is 4.92. The topological polar surface area (TPSA) is 212 Å². The number of H-pyrrole nitrogens is 2. The molecule has 0 unspecified atom stereocenters. The monoisotopic (exact) mass is 565 g/mol. The number of carboxylic acids is 1. The van der Waals surface area contributed by atoms with E-state index >= 15 is 0 Å². The minimum absolute atomic E-state index is 0.122. The molecule has 0 bridgehead atoms. The van der Waals surface area contributed by atoms with Gasteiger partial charge in [0.2, 0.25) is 23.6 Å². The summed E-state index contributed by atoms with van der Waals surface area (Å²) >= 11 is 0. The number of alkyl halides is 3. The highest BCUT2D eigenvalue weighted by atomic mass is 19.4. The molecule has 16 heteroatoms. The second kappa shape index (κ2) is 12.8. The van der Waals surface area contributed by atoms with E-state index in [1.165, 1.54) is 6.33 Å². The molecule has 13 nitrogen and oxygen atoms in total. The number of aromatic amines is 2. The first-order valence-electron chi connectivity index (χ1n) is 11.9. The summed E-state index contributed by atoms with van der Waals surface area (Å²) < 4.78 is 31.7. The van der Waals surface area contributed by atoms with Crippen LogP contribution in [0.4, 0.5) is 13.2 Å². The lowest BCUT2D eigenvalue weighted by Crippen LogP contribution is -2.56. The number of nitrogens with zero attached hydrogens (tertiary/aromatic N) is 1. The largest absolute Gasteiger partial charge is 0.490 e. The number of hydrogen-bond donors (Lipinski definition) is 7. The summed E-state index contributed by atoms with van der Waals surface area (Å²) in [6.07, 6.45) is 0.621. The van der Waals surface area contributed by atoms with Crippen molar-refractivity contribution in [3.63, 3.8) is 0 Å². The first kappa shape index (κ1) is 29.7. The molecule has 4 amide bonds. The number of nitrogens with one attached hydrogen (secondary N) is 5. The molecule has 2 aromatic heterocycles. The third-order valence-corrected chi connectivity index (χ3v) is 5.93. The zero-order chi connectivity index (χ0) is 29.4. The van der Waals surface area contributed by atoms with Gasteiger partial charge in [0, 0.05) is 48.3 Å². The summed E-state index contributed by atoms with van der Waals surface area (Å²) in [5.74, 6) is -4.69. The number of aromatic nitrogens is 3. The summed E-state index contributed by atoms with van der Waals surface area (Å²) in [4.78, 5) is 68.2. The highest BCUT2D eigenvalue weighted by molar-refractivity contribution is 5.95. The van der Waals surface area contributed by atoms with Crippen LogP contribution in [0, 0.1) is 0 Å². The number of rotatable bonds is 9. The standard InChI is InChI=1S/C22H25N7O4.C2HF3O2/c23-20(31)17(7-12-9-25-15-4-2-1-3-14(12)15)28-22(33)18(8-13-10-24-11-26-13)29-21(32)16-5-6-19(30)27-16;3-2(4,5)1(6)7/h1-4,9-11,16-18,25H,5-8H2,(H2,23,31)(H,24,26)(H,27,30)(H,28,33)(H,29,32);(H,6,7)/t16-,17-,18-;/m0./s1. The van der Waals surface area contributed by atoms with Gasteiger partial charge in [-0.15, -0.1) is 0 Å². The molecular formula is C24H26F3N7O6. The zero-order valence-electron chi connectivity index (χ0n) is 20.7. The Bertz CT molecular complexity index is 1370. The van der Waals surface area contributed by atoms with Gasteiger partial charge in [-0.3, -0.25) is 19.2 Å². The molecule has 1 aliphatic heterocycles. The number of para-hydroxylation sites is 1. The van der Waals surface area contributed by atoms with Crippen molar-refractivity contribution in [1.82, 2.24) is 30.9 Å². The average molecular weight is 566 g/mol. The molecule has 3 atom stereocenters. The highest BCUT2D eigenvalue weighted by Crippen LogP contribution is 2.19. The SMILES string of the molecule is NC(=O)[C@H](Cc1c[nH]c2ccccc12)NC(=O)[C@H](Cc1cnc[nH]1)NC(=O)[C@@H]1CCC(=O)N1.O=C(O)C(F)(F)F. The van der Waals surface area contributed by atoms with E-state index in [0.29, 0.717) is 12.1 Å². The molecule has 1 aromatic carbocycles. The van der Waals surface area contributed by atoms with Gasteiger partial charge in [-0.25, -0.2) is 9.78 Å². The fraction of sp³-hybridized carbons (Fsp3) is 0.333. The van der Waals surface area contributed by atoms with Gasteiger partial charge in [0.25, 0.3) is 0 Å². The molecule has 3 aromatic rings. The minimum atomic E-state index is -5.08. The van der Waals surface area contributed by atoms with E-state index in [9.17, 15) is 32.3 Å². The van der Waals surface area contributed by atoms with Crippen LogP contribution in [0.5, 0.6) is 0 Å². The van der Waals surface area contributed by atoms with Crippen LogP contribution in [0.1, 0.15) is 24.1 Å². The number of nitrogens with two attached hydrogens (primary N) is 1. The molecule has 0 aliphatic carbocycles. The Morgan fingerprint density at radius 3 is 2.38 bits per heavy atom. The van der Waals surface area contributed by atoms with Gasteiger partial charge >= 0.3 is 12.1 Å². The van der Waals surface area contributed by atoms with E-state index in [-0.39, 0.29) is 25.2 Å². The van der Waals surface area contributed by atoms with Gasteiger partial charge < -0.3 is 36.8 Å². The van der Waals surface area contributed by atoms with Crippen LogP contribution < -0.4 is 21.7 Å². The van der Waals surface area contributed by atoms with Crippen molar-refractivity contribution >= 4 is 40.5 Å². The van der Waals surface area contributed by atoms with Crippen LogP contribution in [0.2, 0.25) is 0 Å². The Balaban J connectivity index is 0.000000559. The maximum absolute atomic E-state index is 13.1. The number of hydrogen-bond acceptors (Lipinski definition) is 6. The number of aliphatic carboxylic acids is 1. The molecule has 4 rings (SSSR count). The van der Waals surface area contributed by atoms with E-state index < -0.39 is 48.0 Å². The van der Waals surface area contributed by atoms with Crippen molar-refractivity contribution in [2.75, 3.05) is 0 Å². The summed E-state index contributed by atoms with van der Waals surface area (Å²) in [6.45, 7) is 0. The molecule has 3 heterocycles. The van der Waals surface area contributed by atoms with Crippen LogP contribution in [0.3, 0.4) is 0 Å². The number of carbonyl (C=O) groups is 5. The van der Waals surface area contributed by atoms with Crippen molar-refractivity contribution in [3.05, 3.63) is 54.2 Å². The molecule has 1 saturated heterocycles. The van der Waals surface area contributed by atoms with E-state index in [4.69, 9.17) is 15.6 Å². The molecule has 214 valence electrons. The van der Waals surface area contributed by atoms with Crippen LogP contribution in [-0.4, -0.2) is 74.0 Å². The second-order valence-corrected chi connectivity index (χ2v) is 8.83. The lowest BCUT2D eigenvalue weighted by Gasteiger charge is -2.23. The average Bonchev–Trinajstić information content (AvgIpc) is 3.65. The van der Waals surface area contributed by atoms with Gasteiger partial charge in [0.1, 0.15) is 18.1 Å². The van der Waals surface area contributed by atoms with E-state index in [0.717, 1.165) is 16.5 Å². The van der Waals surface area contributed by atoms with E-state index in [1.54, 1.807) is 12.4 Å². The molecule has 0 spiro atoms. The number of benzene rings is 1. The van der Waals surface area contributed by atoms with E-state index in [1.807, 2.05) is 24.3 Å². The third kappa shape index (κ3) is 8.05. The lowest BCUT2D eigenvalue weighted by atomic mass is 10.0. The maximum atomic E-state index is 13.1. The fourth-order valence-electron chi connectivity index (χ4n) is 3.92. The number of primary amides is 1. The van der Waals surface area contributed by atoms with Crippen LogP contribution in [0.25, 0.3) is 10.9 Å². The van der Waals surface area contributed by atoms with Gasteiger partial charge in [-0.2, -0.15) is 13.2 Å². The molecule has 1 aliphatic rings. The second-order valence-electron chi connectivity index (χ2n) is 8.83. The smallest absolute Gasteiger partial charge is 0.475 e. The molecule has 8 N–H and O–H groups in total. The van der Waals surface area contributed by atoms with Crippen molar-refractivity contribution in [2.24, 2.45) is 5.73 Å². The van der Waals surface area contributed by atoms with Crippen molar-refractivity contribution in [1.29, 1.82) is 0 Å². The molecule has 0 saturated carbocycles. The zero-order valence-corrected chi connectivity index (χ0v) is 20.7. The molecule has 1 fully saturated rings. The summed E-state index contributed by atoms with van der Waals surface area (Å²) in [5.41, 5.74) is 7.94. The Kier molecular flexibility index (Phi) is 9.47. The quantitative estimate of drug-likeness (QED) is 0.189. The highest BCUT2D eigenvalue weighted by Gasteiger charge is 2.38. The predicted octanol–water partition coefficient (Wildman–Crippen LogP) is 0.0430. The van der Waals surface area contributed by atoms with Gasteiger partial charge in [-0.1, -0.05) is 18.2 Å². The third-order valence-electron chi connectivity index (χ3n) is 5.93. The van der Waals surface area contributed by atoms with Crippen LogP contribution in [0.15, 0.2) is 43.0 Å². The summed E-state index contributed by atoms with van der Waals surface area (Å²) in [7, 11) is 0. The number of carboxylic acid groups (broad SMARTS) is 1. The van der Waals surface area contributed by atoms with Gasteiger partial charge in [0.15, 0.2) is 0 Å². The Hall–Kier alpha value is -4.89. The number of amides is 4. The number of halogens is 3. The molecule has 0 radical (unpaired) electrons. The number of carbonyl (C=O) groups excluding carboxylic acids is 4. The van der Waals surface area contributed by atoms with E-state index in [2.05, 4.69) is 30.9 Å². The van der Waals surface area contributed by atoms with Crippen molar-refractivity contribution < 1.29 is 42.3 Å². The minimum Gasteiger partial charge on any atom is -0.475 e. The van der Waals surface area contributed by atoms with Crippen LogP contribution in [-0.2, 0) is 36.8 Å². The Morgan fingerprint density at radius 2 is 1.80 bits per heavy atom. The van der Waals surface area contributed by atoms with Gasteiger partial charge in [0.05, 0.1) is 6.33 Å². The van der Waals surface area contributed by atoms with Crippen molar-refractivity contribution in [2.45, 2.75) is 50.0 Å². The Labute approximate surface area is 224 Å².